The molecule has 0 aromatic heterocycles. The molecule has 43 heavy (non-hydrogen) atoms. The van der Waals surface area contributed by atoms with Crippen molar-refractivity contribution in [3.63, 3.8) is 0 Å². The summed E-state index contributed by atoms with van der Waals surface area (Å²) in [5.74, 6) is -1.85. The molecule has 0 saturated carbocycles. The summed E-state index contributed by atoms with van der Waals surface area (Å²) in [4.78, 5) is 12.5. The van der Waals surface area contributed by atoms with Gasteiger partial charge >= 0.3 is 5.97 Å². The van der Waals surface area contributed by atoms with Crippen molar-refractivity contribution in [1.82, 2.24) is 0 Å². The van der Waals surface area contributed by atoms with Crippen LogP contribution in [-0.4, -0.2) is 115 Å². The highest BCUT2D eigenvalue weighted by molar-refractivity contribution is 5.69. The number of esters is 1. The Morgan fingerprint density at radius 2 is 1.44 bits per heavy atom. The number of hydrogen-bond acceptors (Lipinski definition) is 14. The summed E-state index contributed by atoms with van der Waals surface area (Å²) in [6.45, 7) is 1.12. The lowest BCUT2D eigenvalue weighted by Crippen LogP contribution is -2.62. The predicted octanol–water partition coefficient (Wildman–Crippen LogP) is -0.0673. The van der Waals surface area contributed by atoms with Crippen molar-refractivity contribution < 1.29 is 69.3 Å². The van der Waals surface area contributed by atoms with Gasteiger partial charge in [-0.25, -0.2) is 0 Å². The molecule has 0 unspecified atom stereocenters. The molecule has 0 aliphatic carbocycles. The first-order valence-corrected chi connectivity index (χ1v) is 13.9. The normalized spacial score (nSPS) is 31.0. The number of phenols is 4. The molecule has 2 saturated heterocycles. The maximum absolute atomic E-state index is 12.5. The van der Waals surface area contributed by atoms with Gasteiger partial charge in [-0.3, -0.25) is 4.79 Å². The minimum Gasteiger partial charge on any atom is -0.504 e. The Labute approximate surface area is 247 Å². The van der Waals surface area contributed by atoms with Crippen molar-refractivity contribution in [2.45, 2.75) is 87.9 Å². The number of aliphatic hydroxyl groups excluding tert-OH is 4. The van der Waals surface area contributed by atoms with E-state index in [0.29, 0.717) is 11.1 Å². The van der Waals surface area contributed by atoms with Gasteiger partial charge in [-0.2, -0.15) is 0 Å². The van der Waals surface area contributed by atoms with E-state index in [2.05, 4.69) is 0 Å². The Bertz CT molecular complexity index is 1220. The quantitative estimate of drug-likeness (QED) is 0.123. The molecule has 2 heterocycles. The highest BCUT2D eigenvalue weighted by atomic mass is 16.7. The zero-order chi connectivity index (χ0) is 31.3. The number of benzene rings is 2. The second kappa shape index (κ2) is 14.5. The van der Waals surface area contributed by atoms with Gasteiger partial charge in [-0.1, -0.05) is 12.1 Å². The van der Waals surface area contributed by atoms with Crippen molar-refractivity contribution >= 4 is 5.97 Å². The number of phenolic OH excluding ortho intramolecular Hbond substituents is 4. The standard InChI is InChI=1S/C29H38O14/c1-14-19(32)12-22(35)28(41-14)43-27-25(37)23(13-40-24(36)7-4-15-2-5-17(30)20(33)10-15)42-29(26(27)38)39-9-8-16-3-6-18(31)21(34)11-16/h2-3,5-6,10-11,14,19,22-23,25-35,37-38H,4,7-9,12-13H2,1H3/t14-,19+,22+,23+,25+,26+,27-,28-,29+/m0/s1. The van der Waals surface area contributed by atoms with Crippen molar-refractivity contribution in [3.05, 3.63) is 47.5 Å². The Morgan fingerprint density at radius 1 is 0.814 bits per heavy atom. The van der Waals surface area contributed by atoms with Gasteiger partial charge in [-0.15, -0.1) is 0 Å². The molecular formula is C29H38O14. The van der Waals surface area contributed by atoms with Crippen LogP contribution in [0.25, 0.3) is 0 Å². The third-order valence-electron chi connectivity index (χ3n) is 7.40. The van der Waals surface area contributed by atoms with Gasteiger partial charge < -0.3 is 64.5 Å². The largest absolute Gasteiger partial charge is 0.504 e. The maximum atomic E-state index is 12.5. The number of aliphatic hydroxyl groups is 4. The Balaban J connectivity index is 1.40. The Kier molecular flexibility index (Phi) is 11.0. The molecule has 2 aromatic carbocycles. The topological polar surface area (TPSA) is 225 Å². The number of carbonyl (C=O) groups is 1. The van der Waals surface area contributed by atoms with E-state index in [1.54, 1.807) is 19.1 Å². The van der Waals surface area contributed by atoms with Gasteiger partial charge in [-0.05, 0) is 55.2 Å². The summed E-state index contributed by atoms with van der Waals surface area (Å²) in [7, 11) is 0. The fourth-order valence-corrected chi connectivity index (χ4v) is 4.79. The van der Waals surface area contributed by atoms with E-state index in [1.165, 1.54) is 24.3 Å². The number of aromatic hydroxyl groups is 4. The molecule has 4 rings (SSSR count). The molecule has 2 aromatic rings. The smallest absolute Gasteiger partial charge is 0.306 e. The molecule has 2 aliphatic heterocycles. The predicted molar refractivity (Wildman–Crippen MR) is 145 cm³/mol. The van der Waals surface area contributed by atoms with Crippen LogP contribution in [0.2, 0.25) is 0 Å². The number of carbonyl (C=O) groups excluding carboxylic acids is 1. The molecular weight excluding hydrogens is 572 g/mol. The molecule has 9 atom stereocenters. The highest BCUT2D eigenvalue weighted by Gasteiger charge is 2.49. The molecule has 2 aliphatic rings. The summed E-state index contributed by atoms with van der Waals surface area (Å²) in [6, 6.07) is 8.41. The number of hydrogen-bond donors (Lipinski definition) is 8. The van der Waals surface area contributed by atoms with E-state index in [1.807, 2.05) is 0 Å². The SMILES string of the molecule is C[C@@H]1O[C@@H](O[C@@H]2[C@@H](O)[C@H](OCCc3ccc(O)c(O)c3)O[C@H](COC(=O)CCc3ccc(O)c(O)c3)[C@H]2O)[C@H](O)C[C@H]1O. The van der Waals surface area contributed by atoms with Crippen LogP contribution in [0.1, 0.15) is 30.9 Å². The van der Waals surface area contributed by atoms with Crippen LogP contribution in [0.5, 0.6) is 23.0 Å². The van der Waals surface area contributed by atoms with Crippen molar-refractivity contribution in [2.24, 2.45) is 0 Å². The Morgan fingerprint density at radius 3 is 2.07 bits per heavy atom. The second-order valence-electron chi connectivity index (χ2n) is 10.7. The minimum atomic E-state index is -1.57. The molecule has 14 nitrogen and oxygen atoms in total. The molecule has 0 spiro atoms. The van der Waals surface area contributed by atoms with E-state index in [4.69, 9.17) is 23.7 Å². The van der Waals surface area contributed by atoms with Gasteiger partial charge in [0.15, 0.2) is 35.6 Å². The molecule has 238 valence electrons. The lowest BCUT2D eigenvalue weighted by atomic mass is 9.98. The average molecular weight is 611 g/mol. The monoisotopic (exact) mass is 610 g/mol. The lowest BCUT2D eigenvalue weighted by molar-refractivity contribution is -0.348. The van der Waals surface area contributed by atoms with E-state index in [9.17, 15) is 45.6 Å². The minimum absolute atomic E-state index is 0.0213. The maximum Gasteiger partial charge on any atom is 0.306 e. The van der Waals surface area contributed by atoms with Gasteiger partial charge in [0, 0.05) is 12.8 Å². The first-order chi connectivity index (χ1) is 20.4. The van der Waals surface area contributed by atoms with Gasteiger partial charge in [0.2, 0.25) is 0 Å². The van der Waals surface area contributed by atoms with Crippen LogP contribution >= 0.6 is 0 Å². The molecule has 14 heteroatoms. The summed E-state index contributed by atoms with van der Waals surface area (Å²) < 4.78 is 28.1. The van der Waals surface area contributed by atoms with Crippen LogP contribution in [0.3, 0.4) is 0 Å². The van der Waals surface area contributed by atoms with Gasteiger partial charge in [0.05, 0.1) is 18.8 Å². The molecule has 0 amide bonds. The third-order valence-corrected chi connectivity index (χ3v) is 7.40. The molecule has 0 bridgehead atoms. The van der Waals surface area contributed by atoms with Crippen LogP contribution < -0.4 is 0 Å². The zero-order valence-electron chi connectivity index (χ0n) is 23.4. The van der Waals surface area contributed by atoms with Gasteiger partial charge in [0.25, 0.3) is 0 Å². The Hall–Kier alpha value is -3.21. The van der Waals surface area contributed by atoms with Crippen LogP contribution in [0, 0.1) is 0 Å². The van der Waals surface area contributed by atoms with E-state index < -0.39 is 67.9 Å². The van der Waals surface area contributed by atoms with Crippen LogP contribution in [0.4, 0.5) is 0 Å². The molecule has 0 radical (unpaired) electrons. The number of aryl methyl sites for hydroxylation is 1. The number of ether oxygens (including phenoxy) is 5. The highest BCUT2D eigenvalue weighted by Crippen LogP contribution is 2.31. The second-order valence-corrected chi connectivity index (χ2v) is 10.7. The van der Waals surface area contributed by atoms with Gasteiger partial charge in [0.1, 0.15) is 37.1 Å². The third kappa shape index (κ3) is 8.46. The first-order valence-electron chi connectivity index (χ1n) is 13.9. The van der Waals surface area contributed by atoms with Crippen LogP contribution in [0.15, 0.2) is 36.4 Å². The van der Waals surface area contributed by atoms with E-state index >= 15 is 0 Å². The zero-order valence-corrected chi connectivity index (χ0v) is 23.4. The first kappa shape index (κ1) is 32.7. The summed E-state index contributed by atoms with van der Waals surface area (Å²) in [6.07, 6.45) is -11.0. The number of rotatable bonds is 11. The van der Waals surface area contributed by atoms with Crippen molar-refractivity contribution in [3.8, 4) is 23.0 Å². The summed E-state index contributed by atoms with van der Waals surface area (Å²) in [5, 5.41) is 80.7. The van der Waals surface area contributed by atoms with E-state index in [0.717, 1.165) is 0 Å². The summed E-state index contributed by atoms with van der Waals surface area (Å²) >= 11 is 0. The van der Waals surface area contributed by atoms with Crippen molar-refractivity contribution in [2.75, 3.05) is 13.2 Å². The molecule has 8 N–H and O–H groups in total. The van der Waals surface area contributed by atoms with E-state index in [-0.39, 0.29) is 55.3 Å². The summed E-state index contributed by atoms with van der Waals surface area (Å²) in [5.41, 5.74) is 1.20. The average Bonchev–Trinajstić information content (AvgIpc) is 2.96. The fraction of sp³-hybridized carbons (Fsp3) is 0.552. The lowest BCUT2D eigenvalue weighted by Gasteiger charge is -2.45. The molecule has 2 fully saturated rings. The fourth-order valence-electron chi connectivity index (χ4n) is 4.79. The van der Waals surface area contributed by atoms with Crippen molar-refractivity contribution in [1.29, 1.82) is 0 Å². The van der Waals surface area contributed by atoms with Crippen LogP contribution in [-0.2, 0) is 41.3 Å².